The van der Waals surface area contributed by atoms with Crippen LogP contribution in [0.2, 0.25) is 5.02 Å². The van der Waals surface area contributed by atoms with Gasteiger partial charge in [-0.1, -0.05) is 18.5 Å². The molecule has 1 aromatic rings. The van der Waals surface area contributed by atoms with Gasteiger partial charge in [-0.3, -0.25) is 4.79 Å². The van der Waals surface area contributed by atoms with Gasteiger partial charge in [-0.2, -0.15) is 0 Å². The minimum absolute atomic E-state index is 0.00323. The third kappa shape index (κ3) is 2.24. The molecule has 20 heavy (non-hydrogen) atoms. The first-order valence-corrected chi connectivity index (χ1v) is 7.53. The highest BCUT2D eigenvalue weighted by Gasteiger charge is 2.52. The molecule has 1 saturated carbocycles. The topological polar surface area (TPSA) is 69.3 Å². The second-order valence-corrected chi connectivity index (χ2v) is 6.04. The molecule has 1 amide bonds. The number of nitrogens with zero attached hydrogens (tertiary/aromatic N) is 1. The number of fused-ring (bicyclic) bond motifs is 1. The number of ether oxygens (including phenoxy) is 1. The molecule has 3 rings (SSSR count). The molecule has 0 aromatic carbocycles. The van der Waals surface area contributed by atoms with Crippen LogP contribution in [0.1, 0.15) is 30.3 Å². The predicted octanol–water partition coefficient (Wildman–Crippen LogP) is 1.40. The zero-order valence-electron chi connectivity index (χ0n) is 11.5. The largest absolute Gasteiger partial charge is 0.376 e. The molecule has 0 radical (unpaired) electrons. The summed E-state index contributed by atoms with van der Waals surface area (Å²) in [4.78, 5) is 12.4. The number of hydrogen-bond acceptors (Lipinski definition) is 3. The Hall–Kier alpha value is -1.04. The lowest BCUT2D eigenvalue weighted by atomic mass is 9.72. The average Bonchev–Trinajstić information content (AvgIpc) is 3.00. The van der Waals surface area contributed by atoms with Crippen molar-refractivity contribution in [1.29, 1.82) is 0 Å². The van der Waals surface area contributed by atoms with Crippen LogP contribution in [-0.4, -0.2) is 35.3 Å². The lowest BCUT2D eigenvalue weighted by Crippen LogP contribution is -2.69. The number of nitrogens with two attached hydrogens (primary N) is 1. The molecule has 1 aliphatic carbocycles. The highest BCUT2D eigenvalue weighted by Crippen LogP contribution is 2.37. The summed E-state index contributed by atoms with van der Waals surface area (Å²) in [5.41, 5.74) is 6.70. The standard InChI is InChI=1S/C14H20ClN3O2/c1-2-4-18-7-8(15)6-10(18)14(19)17-12-11(16)9-3-5-20-13(9)12/h6-7,9,11-13H,2-5,16H2,1H3,(H,17,19). The fourth-order valence-corrected chi connectivity index (χ4v) is 3.47. The zero-order valence-corrected chi connectivity index (χ0v) is 12.3. The Morgan fingerprint density at radius 3 is 3.20 bits per heavy atom. The molecule has 5 nitrogen and oxygen atoms in total. The van der Waals surface area contributed by atoms with Gasteiger partial charge in [0.25, 0.3) is 5.91 Å². The van der Waals surface area contributed by atoms with Crippen molar-refractivity contribution in [2.24, 2.45) is 11.7 Å². The molecule has 1 saturated heterocycles. The van der Waals surface area contributed by atoms with Crippen LogP contribution < -0.4 is 11.1 Å². The van der Waals surface area contributed by atoms with Crippen LogP contribution in [0.3, 0.4) is 0 Å². The molecule has 3 N–H and O–H groups in total. The Kier molecular flexibility index (Phi) is 3.75. The maximum atomic E-state index is 12.4. The Balaban J connectivity index is 1.70. The summed E-state index contributed by atoms with van der Waals surface area (Å²) >= 11 is 6.00. The van der Waals surface area contributed by atoms with E-state index in [9.17, 15) is 4.79 Å². The van der Waals surface area contributed by atoms with E-state index in [4.69, 9.17) is 22.1 Å². The van der Waals surface area contributed by atoms with E-state index < -0.39 is 0 Å². The van der Waals surface area contributed by atoms with Gasteiger partial charge < -0.3 is 20.4 Å². The highest BCUT2D eigenvalue weighted by atomic mass is 35.5. The Morgan fingerprint density at radius 1 is 1.65 bits per heavy atom. The van der Waals surface area contributed by atoms with Crippen molar-refractivity contribution in [2.45, 2.75) is 44.5 Å². The van der Waals surface area contributed by atoms with Gasteiger partial charge in [0.05, 0.1) is 17.2 Å². The molecule has 4 unspecified atom stereocenters. The summed E-state index contributed by atoms with van der Waals surface area (Å²) < 4.78 is 7.51. The third-order valence-electron chi connectivity index (χ3n) is 4.30. The molecule has 4 atom stereocenters. The molecule has 2 aliphatic rings. The molecule has 6 heteroatoms. The van der Waals surface area contributed by atoms with Crippen molar-refractivity contribution in [3.63, 3.8) is 0 Å². The molecule has 110 valence electrons. The molecule has 0 bridgehead atoms. The summed E-state index contributed by atoms with van der Waals surface area (Å²) in [6.07, 6.45) is 3.81. The lowest BCUT2D eigenvalue weighted by molar-refractivity contribution is -0.0162. The van der Waals surface area contributed by atoms with Crippen molar-refractivity contribution in [3.05, 3.63) is 23.0 Å². The number of nitrogens with one attached hydrogen (secondary N) is 1. The van der Waals surface area contributed by atoms with Crippen molar-refractivity contribution in [1.82, 2.24) is 9.88 Å². The monoisotopic (exact) mass is 297 g/mol. The van der Waals surface area contributed by atoms with E-state index in [0.717, 1.165) is 26.0 Å². The number of carbonyl (C=O) groups excluding carboxylic acids is 1. The van der Waals surface area contributed by atoms with Crippen LogP contribution in [0.5, 0.6) is 0 Å². The summed E-state index contributed by atoms with van der Waals surface area (Å²) in [6.45, 7) is 3.58. The molecule has 1 aliphatic heterocycles. The summed E-state index contributed by atoms with van der Waals surface area (Å²) in [7, 11) is 0. The van der Waals surface area contributed by atoms with Crippen molar-refractivity contribution >= 4 is 17.5 Å². The number of amides is 1. The van der Waals surface area contributed by atoms with Crippen LogP contribution in [0.15, 0.2) is 12.3 Å². The Labute approximate surface area is 123 Å². The maximum absolute atomic E-state index is 12.4. The van der Waals surface area contributed by atoms with Gasteiger partial charge in [-0.05, 0) is 18.9 Å². The van der Waals surface area contributed by atoms with Gasteiger partial charge in [-0.25, -0.2) is 0 Å². The third-order valence-corrected chi connectivity index (χ3v) is 4.51. The quantitative estimate of drug-likeness (QED) is 0.882. The normalized spacial score (nSPS) is 31.8. The maximum Gasteiger partial charge on any atom is 0.268 e. The second-order valence-electron chi connectivity index (χ2n) is 5.60. The average molecular weight is 298 g/mol. The van der Waals surface area contributed by atoms with Crippen molar-refractivity contribution in [2.75, 3.05) is 6.61 Å². The van der Waals surface area contributed by atoms with Crippen LogP contribution in [0, 0.1) is 5.92 Å². The van der Waals surface area contributed by atoms with Gasteiger partial charge in [0.1, 0.15) is 5.69 Å². The zero-order chi connectivity index (χ0) is 14.3. The fraction of sp³-hybridized carbons (Fsp3) is 0.643. The molecular formula is C14H20ClN3O2. The summed E-state index contributed by atoms with van der Waals surface area (Å²) in [6, 6.07) is 1.61. The second kappa shape index (κ2) is 5.39. The predicted molar refractivity (Wildman–Crippen MR) is 76.8 cm³/mol. The number of aryl methyl sites for hydroxylation is 1. The van der Waals surface area contributed by atoms with E-state index in [1.54, 1.807) is 12.3 Å². The van der Waals surface area contributed by atoms with Gasteiger partial charge in [-0.15, -0.1) is 0 Å². The van der Waals surface area contributed by atoms with Gasteiger partial charge in [0.2, 0.25) is 0 Å². The SMILES string of the molecule is CCCn1cc(Cl)cc1C(=O)NC1C(N)C2CCOC21. The first-order valence-electron chi connectivity index (χ1n) is 7.15. The first-order chi connectivity index (χ1) is 9.61. The van der Waals surface area contributed by atoms with E-state index in [-0.39, 0.29) is 24.1 Å². The number of aromatic nitrogens is 1. The smallest absolute Gasteiger partial charge is 0.268 e. The van der Waals surface area contributed by atoms with Gasteiger partial charge in [0, 0.05) is 31.3 Å². The molecule has 2 heterocycles. The Bertz CT molecular complexity index is 517. The molecule has 2 fully saturated rings. The van der Waals surface area contributed by atoms with E-state index in [1.807, 2.05) is 4.57 Å². The Morgan fingerprint density at radius 2 is 2.45 bits per heavy atom. The van der Waals surface area contributed by atoms with Crippen LogP contribution in [-0.2, 0) is 11.3 Å². The molecular weight excluding hydrogens is 278 g/mol. The molecule has 1 aromatic heterocycles. The van der Waals surface area contributed by atoms with E-state index in [1.165, 1.54) is 0 Å². The van der Waals surface area contributed by atoms with E-state index in [2.05, 4.69) is 12.2 Å². The number of halogens is 1. The van der Waals surface area contributed by atoms with Crippen molar-refractivity contribution < 1.29 is 9.53 Å². The minimum Gasteiger partial charge on any atom is -0.376 e. The first kappa shape index (κ1) is 13.9. The highest BCUT2D eigenvalue weighted by molar-refractivity contribution is 6.31. The van der Waals surface area contributed by atoms with Crippen LogP contribution >= 0.6 is 11.6 Å². The fourth-order valence-electron chi connectivity index (χ4n) is 3.24. The summed E-state index contributed by atoms with van der Waals surface area (Å²) in [5.74, 6) is 0.270. The van der Waals surface area contributed by atoms with E-state index in [0.29, 0.717) is 16.6 Å². The molecule has 0 spiro atoms. The minimum atomic E-state index is -0.125. The van der Waals surface area contributed by atoms with Crippen LogP contribution in [0.25, 0.3) is 0 Å². The number of carbonyl (C=O) groups is 1. The van der Waals surface area contributed by atoms with Gasteiger partial charge >= 0.3 is 0 Å². The van der Waals surface area contributed by atoms with Gasteiger partial charge in [0.15, 0.2) is 0 Å². The number of rotatable bonds is 4. The lowest BCUT2D eigenvalue weighted by Gasteiger charge is -2.45. The van der Waals surface area contributed by atoms with Crippen molar-refractivity contribution in [3.8, 4) is 0 Å². The van der Waals surface area contributed by atoms with Crippen LogP contribution in [0.4, 0.5) is 0 Å². The number of hydrogen-bond donors (Lipinski definition) is 2. The van der Waals surface area contributed by atoms with E-state index >= 15 is 0 Å². The summed E-state index contributed by atoms with van der Waals surface area (Å²) in [5, 5.41) is 3.58.